The third-order valence-corrected chi connectivity index (χ3v) is 3.91. The summed E-state index contributed by atoms with van der Waals surface area (Å²) in [6.07, 6.45) is 4.89. The predicted octanol–water partition coefficient (Wildman–Crippen LogP) is 3.87. The average molecular weight is 281 g/mol. The average Bonchev–Trinajstić information content (AvgIpc) is 2.41. The number of hydrogen-bond donors (Lipinski definition) is 2. The fourth-order valence-corrected chi connectivity index (χ4v) is 2.31. The van der Waals surface area contributed by atoms with Gasteiger partial charge in [0, 0.05) is 11.6 Å². The maximum absolute atomic E-state index is 11.8. The third kappa shape index (κ3) is 3.21. The minimum absolute atomic E-state index is 0.0911. The largest absolute Gasteiger partial charge is 0.354 e. The van der Waals surface area contributed by atoms with Crippen LogP contribution in [0, 0.1) is 12.8 Å². The second-order valence-electron chi connectivity index (χ2n) is 5.49. The molecule has 0 unspecified atom stereocenters. The lowest BCUT2D eigenvalue weighted by molar-refractivity contribution is -0.122. The number of carbonyl (C=O) groups excluding carboxylic acids is 1. The highest BCUT2D eigenvalue weighted by Crippen LogP contribution is 2.27. The van der Waals surface area contributed by atoms with Crippen molar-refractivity contribution in [2.45, 2.75) is 26.2 Å². The number of hydrogen-bond acceptors (Lipinski definition) is 3. The van der Waals surface area contributed by atoms with Crippen molar-refractivity contribution in [3.05, 3.63) is 48.2 Å². The normalized spacial score (nSPS) is 14.3. The van der Waals surface area contributed by atoms with Crippen molar-refractivity contribution >= 4 is 23.1 Å². The van der Waals surface area contributed by atoms with Gasteiger partial charge in [-0.1, -0.05) is 24.6 Å². The van der Waals surface area contributed by atoms with Gasteiger partial charge >= 0.3 is 0 Å². The SMILES string of the molecule is Cc1ccccc1Nc1ccc(NC(=O)C2CCC2)nc1. The molecule has 0 aliphatic heterocycles. The molecule has 1 heterocycles. The van der Waals surface area contributed by atoms with Crippen molar-refractivity contribution in [2.75, 3.05) is 10.6 Å². The number of nitrogens with one attached hydrogen (secondary N) is 2. The quantitative estimate of drug-likeness (QED) is 0.894. The number of rotatable bonds is 4. The number of aromatic nitrogens is 1. The maximum atomic E-state index is 11.8. The Labute approximate surface area is 124 Å². The molecule has 2 N–H and O–H groups in total. The van der Waals surface area contributed by atoms with Gasteiger partial charge in [0.1, 0.15) is 5.82 Å². The van der Waals surface area contributed by atoms with E-state index >= 15 is 0 Å². The Balaban J connectivity index is 1.64. The Kier molecular flexibility index (Phi) is 3.86. The molecule has 0 atom stereocenters. The van der Waals surface area contributed by atoms with Gasteiger partial charge in [0.15, 0.2) is 0 Å². The van der Waals surface area contributed by atoms with Crippen molar-refractivity contribution in [3.8, 4) is 0 Å². The van der Waals surface area contributed by atoms with Crippen LogP contribution >= 0.6 is 0 Å². The number of benzene rings is 1. The first-order valence-corrected chi connectivity index (χ1v) is 7.32. The molecule has 4 nitrogen and oxygen atoms in total. The molecule has 1 aromatic carbocycles. The summed E-state index contributed by atoms with van der Waals surface area (Å²) in [5, 5.41) is 6.19. The van der Waals surface area contributed by atoms with E-state index in [9.17, 15) is 4.79 Å². The number of amides is 1. The smallest absolute Gasteiger partial charge is 0.228 e. The molecule has 108 valence electrons. The molecular formula is C17H19N3O. The summed E-state index contributed by atoms with van der Waals surface area (Å²) in [4.78, 5) is 16.1. The number of pyridine rings is 1. The molecule has 1 saturated carbocycles. The summed E-state index contributed by atoms with van der Waals surface area (Å²) in [6, 6.07) is 11.9. The first kappa shape index (κ1) is 13.6. The molecule has 0 spiro atoms. The van der Waals surface area contributed by atoms with E-state index in [2.05, 4.69) is 28.6 Å². The summed E-state index contributed by atoms with van der Waals surface area (Å²) >= 11 is 0. The molecule has 1 amide bonds. The minimum Gasteiger partial charge on any atom is -0.354 e. The van der Waals surface area contributed by atoms with Crippen LogP contribution in [0.1, 0.15) is 24.8 Å². The monoisotopic (exact) mass is 281 g/mol. The third-order valence-electron chi connectivity index (χ3n) is 3.91. The summed E-state index contributed by atoms with van der Waals surface area (Å²) in [5.74, 6) is 0.882. The highest BCUT2D eigenvalue weighted by Gasteiger charge is 2.25. The van der Waals surface area contributed by atoms with Crippen LogP contribution in [-0.4, -0.2) is 10.9 Å². The van der Waals surface area contributed by atoms with Gasteiger partial charge in [0.25, 0.3) is 0 Å². The fourth-order valence-electron chi connectivity index (χ4n) is 2.31. The second kappa shape index (κ2) is 5.95. The lowest BCUT2D eigenvalue weighted by atomic mass is 9.85. The number of carbonyl (C=O) groups is 1. The molecule has 2 aromatic rings. The van der Waals surface area contributed by atoms with E-state index in [0.29, 0.717) is 5.82 Å². The summed E-state index contributed by atoms with van der Waals surface area (Å²) in [7, 11) is 0. The molecular weight excluding hydrogens is 262 g/mol. The van der Waals surface area contributed by atoms with Gasteiger partial charge in [0.2, 0.25) is 5.91 Å². The van der Waals surface area contributed by atoms with E-state index in [1.54, 1.807) is 6.20 Å². The van der Waals surface area contributed by atoms with E-state index in [-0.39, 0.29) is 11.8 Å². The molecule has 4 heteroatoms. The van der Waals surface area contributed by atoms with Crippen LogP contribution in [0.4, 0.5) is 17.2 Å². The topological polar surface area (TPSA) is 54.0 Å². The molecule has 1 aromatic heterocycles. The van der Waals surface area contributed by atoms with Crippen LogP contribution in [0.15, 0.2) is 42.6 Å². The zero-order valence-corrected chi connectivity index (χ0v) is 12.1. The first-order chi connectivity index (χ1) is 10.2. The lowest BCUT2D eigenvalue weighted by Gasteiger charge is -2.23. The molecule has 1 fully saturated rings. The van der Waals surface area contributed by atoms with Gasteiger partial charge in [-0.3, -0.25) is 4.79 Å². The van der Waals surface area contributed by atoms with E-state index in [0.717, 1.165) is 30.6 Å². The predicted molar refractivity (Wildman–Crippen MR) is 84.7 cm³/mol. The molecule has 0 bridgehead atoms. The van der Waals surface area contributed by atoms with Crippen molar-refractivity contribution in [1.29, 1.82) is 0 Å². The van der Waals surface area contributed by atoms with Gasteiger partial charge < -0.3 is 10.6 Å². The zero-order chi connectivity index (χ0) is 14.7. The first-order valence-electron chi connectivity index (χ1n) is 7.32. The van der Waals surface area contributed by atoms with Crippen molar-refractivity contribution in [3.63, 3.8) is 0 Å². The highest BCUT2D eigenvalue weighted by molar-refractivity contribution is 5.92. The van der Waals surface area contributed by atoms with Gasteiger partial charge in [-0.2, -0.15) is 0 Å². The Hall–Kier alpha value is -2.36. The molecule has 1 aliphatic rings. The van der Waals surface area contributed by atoms with Crippen molar-refractivity contribution in [1.82, 2.24) is 4.98 Å². The fraction of sp³-hybridized carbons (Fsp3) is 0.294. The molecule has 1 aliphatic carbocycles. The number of aryl methyl sites for hydroxylation is 1. The van der Waals surface area contributed by atoms with Crippen LogP contribution in [-0.2, 0) is 4.79 Å². The van der Waals surface area contributed by atoms with E-state index in [4.69, 9.17) is 0 Å². The summed E-state index contributed by atoms with van der Waals surface area (Å²) < 4.78 is 0. The summed E-state index contributed by atoms with van der Waals surface area (Å²) in [5.41, 5.74) is 3.15. The Bertz CT molecular complexity index is 633. The Morgan fingerprint density at radius 2 is 2.00 bits per heavy atom. The molecule has 3 rings (SSSR count). The second-order valence-corrected chi connectivity index (χ2v) is 5.49. The Morgan fingerprint density at radius 1 is 1.19 bits per heavy atom. The number of nitrogens with zero attached hydrogens (tertiary/aromatic N) is 1. The van der Waals surface area contributed by atoms with Gasteiger partial charge in [-0.25, -0.2) is 4.98 Å². The van der Waals surface area contributed by atoms with Crippen LogP contribution in [0.3, 0.4) is 0 Å². The van der Waals surface area contributed by atoms with E-state index in [1.165, 1.54) is 5.56 Å². The van der Waals surface area contributed by atoms with Gasteiger partial charge in [-0.05, 0) is 43.5 Å². The summed E-state index contributed by atoms with van der Waals surface area (Å²) in [6.45, 7) is 2.06. The Morgan fingerprint density at radius 3 is 2.62 bits per heavy atom. The van der Waals surface area contributed by atoms with E-state index in [1.807, 2.05) is 30.3 Å². The molecule has 0 radical (unpaired) electrons. The maximum Gasteiger partial charge on any atom is 0.228 e. The van der Waals surface area contributed by atoms with Gasteiger partial charge in [0.05, 0.1) is 11.9 Å². The lowest BCUT2D eigenvalue weighted by Crippen LogP contribution is -2.28. The minimum atomic E-state index is 0.0911. The molecule has 0 saturated heterocycles. The standard InChI is InChI=1S/C17H19N3O/c1-12-5-2-3-8-15(12)19-14-9-10-16(18-11-14)20-17(21)13-6-4-7-13/h2-3,5,8-11,13,19H,4,6-7H2,1H3,(H,18,20,21). The van der Waals surface area contributed by atoms with Crippen LogP contribution in [0.2, 0.25) is 0 Å². The number of para-hydroxylation sites is 1. The van der Waals surface area contributed by atoms with Crippen molar-refractivity contribution < 1.29 is 4.79 Å². The zero-order valence-electron chi connectivity index (χ0n) is 12.1. The van der Waals surface area contributed by atoms with Crippen LogP contribution < -0.4 is 10.6 Å². The van der Waals surface area contributed by atoms with Gasteiger partial charge in [-0.15, -0.1) is 0 Å². The highest BCUT2D eigenvalue weighted by atomic mass is 16.2. The molecule has 21 heavy (non-hydrogen) atoms. The van der Waals surface area contributed by atoms with E-state index < -0.39 is 0 Å². The van der Waals surface area contributed by atoms with Crippen LogP contribution in [0.25, 0.3) is 0 Å². The number of anilines is 3. The van der Waals surface area contributed by atoms with Crippen LogP contribution in [0.5, 0.6) is 0 Å². The van der Waals surface area contributed by atoms with Crippen molar-refractivity contribution in [2.24, 2.45) is 5.92 Å².